The summed E-state index contributed by atoms with van der Waals surface area (Å²) >= 11 is 0. The summed E-state index contributed by atoms with van der Waals surface area (Å²) in [7, 11) is -0.410. The normalized spacial score (nSPS) is 11.5. The molecule has 0 aliphatic rings. The standard InChI is InChI=1S/C18H22N2O3S/c1-20(2)24(22,23)17-11-8-15(9-12-17)10-13-18(21)19-14-16-6-4-3-5-7-16/h3-9,11-12H,10,13-14H2,1-2H3,(H,19,21). The summed E-state index contributed by atoms with van der Waals surface area (Å²) in [6.45, 7) is 0.514. The van der Waals surface area contributed by atoms with Gasteiger partial charge in [-0.05, 0) is 29.7 Å². The molecule has 0 aliphatic carbocycles. The van der Waals surface area contributed by atoms with Crippen molar-refractivity contribution >= 4 is 15.9 Å². The molecule has 0 saturated carbocycles. The van der Waals surface area contributed by atoms with E-state index in [1.807, 2.05) is 30.3 Å². The monoisotopic (exact) mass is 346 g/mol. The number of hydrogen-bond donors (Lipinski definition) is 1. The molecule has 0 aliphatic heterocycles. The van der Waals surface area contributed by atoms with Crippen molar-refractivity contribution in [2.45, 2.75) is 24.3 Å². The Morgan fingerprint density at radius 1 is 0.958 bits per heavy atom. The molecule has 6 heteroatoms. The van der Waals surface area contributed by atoms with Gasteiger partial charge in [0.25, 0.3) is 0 Å². The molecular formula is C18H22N2O3S. The molecule has 0 atom stereocenters. The number of rotatable bonds is 7. The zero-order valence-electron chi connectivity index (χ0n) is 13.9. The second-order valence-electron chi connectivity index (χ2n) is 5.69. The fourth-order valence-electron chi connectivity index (χ4n) is 2.18. The number of carbonyl (C=O) groups is 1. The number of sulfonamides is 1. The number of nitrogens with one attached hydrogen (secondary N) is 1. The maximum atomic E-state index is 12.0. The van der Waals surface area contributed by atoms with Crippen LogP contribution in [-0.2, 0) is 27.8 Å². The van der Waals surface area contributed by atoms with Crippen LogP contribution in [0.15, 0.2) is 59.5 Å². The Morgan fingerprint density at radius 2 is 1.58 bits per heavy atom. The first kappa shape index (κ1) is 18.2. The third kappa shape index (κ3) is 4.91. The van der Waals surface area contributed by atoms with E-state index in [-0.39, 0.29) is 10.8 Å². The van der Waals surface area contributed by atoms with E-state index in [0.29, 0.717) is 19.4 Å². The van der Waals surface area contributed by atoms with Crippen LogP contribution in [0.4, 0.5) is 0 Å². The molecule has 0 fully saturated rings. The van der Waals surface area contributed by atoms with E-state index in [2.05, 4.69) is 5.32 Å². The maximum absolute atomic E-state index is 12.0. The zero-order valence-corrected chi connectivity index (χ0v) is 14.7. The average molecular weight is 346 g/mol. The highest BCUT2D eigenvalue weighted by Crippen LogP contribution is 2.14. The van der Waals surface area contributed by atoms with Gasteiger partial charge in [-0.3, -0.25) is 4.79 Å². The van der Waals surface area contributed by atoms with Crippen molar-refractivity contribution in [2.24, 2.45) is 0 Å². The first-order valence-electron chi connectivity index (χ1n) is 7.71. The highest BCUT2D eigenvalue weighted by atomic mass is 32.2. The first-order valence-corrected chi connectivity index (χ1v) is 9.15. The van der Waals surface area contributed by atoms with E-state index >= 15 is 0 Å². The minimum atomic E-state index is -3.41. The van der Waals surface area contributed by atoms with Crippen LogP contribution in [-0.4, -0.2) is 32.7 Å². The Hall–Kier alpha value is -2.18. The van der Waals surface area contributed by atoms with Crippen molar-refractivity contribution in [1.29, 1.82) is 0 Å². The maximum Gasteiger partial charge on any atom is 0.242 e. The van der Waals surface area contributed by atoms with Crippen molar-refractivity contribution < 1.29 is 13.2 Å². The fourth-order valence-corrected chi connectivity index (χ4v) is 3.08. The number of amides is 1. The van der Waals surface area contributed by atoms with E-state index in [1.165, 1.54) is 18.4 Å². The molecule has 5 nitrogen and oxygen atoms in total. The van der Waals surface area contributed by atoms with Crippen molar-refractivity contribution in [2.75, 3.05) is 14.1 Å². The molecule has 0 unspecified atom stereocenters. The summed E-state index contributed by atoms with van der Waals surface area (Å²) in [6, 6.07) is 16.4. The van der Waals surface area contributed by atoms with Gasteiger partial charge in [-0.15, -0.1) is 0 Å². The van der Waals surface area contributed by atoms with Crippen molar-refractivity contribution in [3.8, 4) is 0 Å². The number of nitrogens with zero attached hydrogens (tertiary/aromatic N) is 1. The Kier molecular flexibility index (Phi) is 6.11. The third-order valence-corrected chi connectivity index (χ3v) is 5.50. The lowest BCUT2D eigenvalue weighted by Crippen LogP contribution is -2.23. The van der Waals surface area contributed by atoms with Gasteiger partial charge in [0.2, 0.25) is 15.9 Å². The van der Waals surface area contributed by atoms with Crippen LogP contribution in [0.5, 0.6) is 0 Å². The molecule has 0 radical (unpaired) electrons. The van der Waals surface area contributed by atoms with Gasteiger partial charge in [-0.2, -0.15) is 0 Å². The molecule has 2 rings (SSSR count). The third-order valence-electron chi connectivity index (χ3n) is 3.68. The summed E-state index contributed by atoms with van der Waals surface area (Å²) in [5.41, 5.74) is 1.99. The van der Waals surface area contributed by atoms with Gasteiger partial charge in [-0.25, -0.2) is 12.7 Å². The number of aryl methyl sites for hydroxylation is 1. The van der Waals surface area contributed by atoms with Crippen LogP contribution < -0.4 is 5.32 Å². The van der Waals surface area contributed by atoms with E-state index < -0.39 is 10.0 Å². The predicted octanol–water partition coefficient (Wildman–Crippen LogP) is 2.19. The molecule has 2 aromatic rings. The Balaban J connectivity index is 1.85. The summed E-state index contributed by atoms with van der Waals surface area (Å²) in [5, 5.41) is 2.88. The van der Waals surface area contributed by atoms with Crippen LogP contribution >= 0.6 is 0 Å². The predicted molar refractivity (Wildman–Crippen MR) is 93.9 cm³/mol. The van der Waals surface area contributed by atoms with Gasteiger partial charge in [-0.1, -0.05) is 42.5 Å². The molecule has 0 spiro atoms. The lowest BCUT2D eigenvalue weighted by atomic mass is 10.1. The van der Waals surface area contributed by atoms with Gasteiger partial charge >= 0.3 is 0 Å². The first-order chi connectivity index (χ1) is 11.4. The van der Waals surface area contributed by atoms with Crippen LogP contribution in [0.25, 0.3) is 0 Å². The molecular weight excluding hydrogens is 324 g/mol. The molecule has 1 N–H and O–H groups in total. The number of hydrogen-bond acceptors (Lipinski definition) is 3. The second kappa shape index (κ2) is 8.08. The molecule has 0 bridgehead atoms. The quantitative estimate of drug-likeness (QED) is 0.836. The molecule has 1 amide bonds. The van der Waals surface area contributed by atoms with Gasteiger partial charge in [0.05, 0.1) is 4.90 Å². The average Bonchev–Trinajstić information content (AvgIpc) is 2.59. The van der Waals surface area contributed by atoms with Crippen LogP contribution in [0.3, 0.4) is 0 Å². The molecule has 2 aromatic carbocycles. The molecule has 0 aromatic heterocycles. The molecule has 24 heavy (non-hydrogen) atoms. The fraction of sp³-hybridized carbons (Fsp3) is 0.278. The van der Waals surface area contributed by atoms with Crippen molar-refractivity contribution in [3.63, 3.8) is 0 Å². The van der Waals surface area contributed by atoms with Crippen LogP contribution in [0, 0.1) is 0 Å². The van der Waals surface area contributed by atoms with E-state index in [1.54, 1.807) is 24.3 Å². The second-order valence-corrected chi connectivity index (χ2v) is 7.85. The van der Waals surface area contributed by atoms with Crippen molar-refractivity contribution in [1.82, 2.24) is 9.62 Å². The van der Waals surface area contributed by atoms with E-state index in [9.17, 15) is 13.2 Å². The van der Waals surface area contributed by atoms with Crippen LogP contribution in [0.1, 0.15) is 17.5 Å². The summed E-state index contributed by atoms with van der Waals surface area (Å²) in [4.78, 5) is 12.1. The van der Waals surface area contributed by atoms with Crippen molar-refractivity contribution in [3.05, 3.63) is 65.7 Å². The van der Waals surface area contributed by atoms with E-state index in [4.69, 9.17) is 0 Å². The molecule has 0 heterocycles. The Bertz CT molecular complexity index is 770. The van der Waals surface area contributed by atoms with E-state index in [0.717, 1.165) is 11.1 Å². The Morgan fingerprint density at radius 3 is 2.17 bits per heavy atom. The Labute approximate surface area is 143 Å². The largest absolute Gasteiger partial charge is 0.352 e. The molecule has 0 saturated heterocycles. The highest BCUT2D eigenvalue weighted by molar-refractivity contribution is 7.89. The van der Waals surface area contributed by atoms with Gasteiger partial charge in [0, 0.05) is 27.1 Å². The number of benzene rings is 2. The van der Waals surface area contributed by atoms with Crippen LogP contribution in [0.2, 0.25) is 0 Å². The summed E-state index contributed by atoms with van der Waals surface area (Å²) < 4.78 is 25.2. The van der Waals surface area contributed by atoms with Gasteiger partial charge in [0.15, 0.2) is 0 Å². The summed E-state index contributed by atoms with van der Waals surface area (Å²) in [6.07, 6.45) is 0.940. The lowest BCUT2D eigenvalue weighted by Gasteiger charge is -2.11. The molecule has 128 valence electrons. The smallest absolute Gasteiger partial charge is 0.242 e. The van der Waals surface area contributed by atoms with Gasteiger partial charge < -0.3 is 5.32 Å². The number of carbonyl (C=O) groups excluding carboxylic acids is 1. The zero-order chi connectivity index (χ0) is 17.6. The minimum absolute atomic E-state index is 0.0242. The lowest BCUT2D eigenvalue weighted by molar-refractivity contribution is -0.121. The topological polar surface area (TPSA) is 66.5 Å². The highest BCUT2D eigenvalue weighted by Gasteiger charge is 2.16. The van der Waals surface area contributed by atoms with Gasteiger partial charge in [0.1, 0.15) is 0 Å². The summed E-state index contributed by atoms with van der Waals surface area (Å²) in [5.74, 6) is -0.0242. The minimum Gasteiger partial charge on any atom is -0.352 e. The SMILES string of the molecule is CN(C)S(=O)(=O)c1ccc(CCC(=O)NCc2ccccc2)cc1.